The van der Waals surface area contributed by atoms with Crippen LogP contribution in [0.2, 0.25) is 0 Å². The van der Waals surface area contributed by atoms with Crippen LogP contribution in [-0.4, -0.2) is 10.2 Å². The number of aliphatic hydroxyl groups excluding tert-OH is 2. The van der Waals surface area contributed by atoms with Gasteiger partial charge in [0.1, 0.15) is 11.5 Å². The van der Waals surface area contributed by atoms with E-state index in [2.05, 4.69) is 13.2 Å². The fourth-order valence-corrected chi connectivity index (χ4v) is 0.281. The summed E-state index contributed by atoms with van der Waals surface area (Å²) in [4.78, 5) is 0. The summed E-state index contributed by atoms with van der Waals surface area (Å²) in [5.74, 6) is -0.210. The van der Waals surface area contributed by atoms with E-state index >= 15 is 0 Å². The van der Waals surface area contributed by atoms with Gasteiger partial charge in [-0.2, -0.15) is 0 Å². The average molecular weight is 156 g/mol. The Balaban J connectivity index is 0. The second-order valence-corrected chi connectivity index (χ2v) is 1.80. The third-order valence-corrected chi connectivity index (χ3v) is 0.741. The van der Waals surface area contributed by atoms with Gasteiger partial charge in [0.25, 0.3) is 0 Å². The van der Waals surface area contributed by atoms with E-state index < -0.39 is 0 Å². The molecule has 64 valence electrons. The molecule has 0 aromatic rings. The summed E-state index contributed by atoms with van der Waals surface area (Å²) in [6, 6.07) is 0. The monoisotopic (exact) mass is 156 g/mol. The highest BCUT2D eigenvalue weighted by Crippen LogP contribution is 2.03. The summed E-state index contributed by atoms with van der Waals surface area (Å²) >= 11 is 0. The van der Waals surface area contributed by atoms with Crippen molar-refractivity contribution in [3.05, 3.63) is 36.3 Å². The number of hydrogen-bond acceptors (Lipinski definition) is 2. The van der Waals surface area contributed by atoms with E-state index in [1.54, 1.807) is 6.92 Å². The molecule has 0 aliphatic carbocycles. The van der Waals surface area contributed by atoms with Crippen molar-refractivity contribution in [3.63, 3.8) is 0 Å². The molecule has 2 heteroatoms. The van der Waals surface area contributed by atoms with Gasteiger partial charge >= 0.3 is 0 Å². The van der Waals surface area contributed by atoms with Crippen LogP contribution in [0.4, 0.5) is 0 Å². The van der Waals surface area contributed by atoms with Crippen LogP contribution in [0.1, 0.15) is 20.8 Å². The van der Waals surface area contributed by atoms with Crippen LogP contribution in [-0.2, 0) is 0 Å². The molecule has 0 rings (SSSR count). The van der Waals surface area contributed by atoms with E-state index in [1.807, 2.05) is 13.8 Å². The van der Waals surface area contributed by atoms with Crippen molar-refractivity contribution in [3.8, 4) is 0 Å². The molecule has 0 aliphatic rings. The fourth-order valence-electron chi connectivity index (χ4n) is 0.281. The van der Waals surface area contributed by atoms with Gasteiger partial charge in [-0.05, 0) is 12.5 Å². The Labute approximate surface area is 68.2 Å². The molecule has 0 radical (unpaired) electrons. The summed E-state index contributed by atoms with van der Waals surface area (Å²) in [5.41, 5.74) is 0.505. The Morgan fingerprint density at radius 3 is 1.64 bits per heavy atom. The minimum atomic E-state index is -0.171. The molecule has 0 fully saturated rings. The van der Waals surface area contributed by atoms with Crippen LogP contribution in [0.3, 0.4) is 0 Å². The van der Waals surface area contributed by atoms with Gasteiger partial charge < -0.3 is 10.2 Å². The maximum atomic E-state index is 8.84. The molecule has 0 aromatic carbocycles. The minimum Gasteiger partial charge on any atom is -0.508 e. The summed E-state index contributed by atoms with van der Waals surface area (Å²) < 4.78 is 0. The summed E-state index contributed by atoms with van der Waals surface area (Å²) in [6.45, 7) is 12.2. The molecule has 0 saturated heterocycles. The van der Waals surface area contributed by atoms with Gasteiger partial charge in [0.05, 0.1) is 0 Å². The summed E-state index contributed by atoms with van der Waals surface area (Å²) in [7, 11) is 0. The topological polar surface area (TPSA) is 40.5 Å². The molecular formula is C9H16O2. The molecule has 0 bridgehead atoms. The molecular weight excluding hydrogens is 140 g/mol. The van der Waals surface area contributed by atoms with Gasteiger partial charge in [0, 0.05) is 6.08 Å². The Morgan fingerprint density at radius 1 is 1.18 bits per heavy atom. The van der Waals surface area contributed by atoms with Crippen LogP contribution in [0.5, 0.6) is 0 Å². The third kappa shape index (κ3) is 8.82. The number of rotatable bonds is 2. The van der Waals surface area contributed by atoms with Crippen molar-refractivity contribution >= 4 is 0 Å². The highest BCUT2D eigenvalue weighted by molar-refractivity contribution is 5.24. The van der Waals surface area contributed by atoms with Crippen molar-refractivity contribution in [2.45, 2.75) is 20.8 Å². The predicted molar refractivity (Wildman–Crippen MR) is 48.6 cm³/mol. The SMILES string of the molecule is C=C(O)/C=C(/O)C(=C)C.CC. The predicted octanol–water partition coefficient (Wildman–Crippen LogP) is 3.10. The van der Waals surface area contributed by atoms with Gasteiger partial charge in [-0.1, -0.05) is 27.0 Å². The lowest BCUT2D eigenvalue weighted by atomic mass is 10.2. The molecule has 0 heterocycles. The molecule has 11 heavy (non-hydrogen) atoms. The Kier molecular flexibility index (Phi) is 7.87. The lowest BCUT2D eigenvalue weighted by molar-refractivity contribution is 0.401. The molecule has 2 N–H and O–H groups in total. The first-order chi connectivity index (χ1) is 5.04. The highest BCUT2D eigenvalue weighted by atomic mass is 16.3. The fraction of sp³-hybridized carbons (Fsp3) is 0.333. The van der Waals surface area contributed by atoms with Crippen LogP contribution in [0.15, 0.2) is 36.3 Å². The first-order valence-corrected chi connectivity index (χ1v) is 3.48. The second kappa shape index (κ2) is 6.93. The quantitative estimate of drug-likeness (QED) is 0.476. The highest BCUT2D eigenvalue weighted by Gasteiger charge is 1.91. The van der Waals surface area contributed by atoms with E-state index in [9.17, 15) is 0 Å². The lowest BCUT2D eigenvalue weighted by Crippen LogP contribution is -1.81. The Hall–Kier alpha value is -1.18. The van der Waals surface area contributed by atoms with Gasteiger partial charge in [-0.3, -0.25) is 0 Å². The number of allylic oxidation sites excluding steroid dienone is 2. The molecule has 0 atom stereocenters. The van der Waals surface area contributed by atoms with Crippen molar-refractivity contribution in [2.75, 3.05) is 0 Å². The van der Waals surface area contributed by atoms with Crippen LogP contribution >= 0.6 is 0 Å². The largest absolute Gasteiger partial charge is 0.508 e. The smallest absolute Gasteiger partial charge is 0.121 e. The van der Waals surface area contributed by atoms with Gasteiger partial charge in [-0.15, -0.1) is 0 Å². The Bertz CT molecular complexity index is 166. The molecule has 0 amide bonds. The van der Waals surface area contributed by atoms with E-state index in [0.29, 0.717) is 5.57 Å². The maximum Gasteiger partial charge on any atom is 0.121 e. The van der Waals surface area contributed by atoms with Crippen LogP contribution in [0.25, 0.3) is 0 Å². The summed E-state index contributed by atoms with van der Waals surface area (Å²) in [5, 5.41) is 17.3. The number of hydrogen-bond donors (Lipinski definition) is 2. The van der Waals surface area contributed by atoms with Crippen LogP contribution < -0.4 is 0 Å². The normalized spacial score (nSPS) is 9.55. The number of aliphatic hydroxyl groups is 2. The zero-order valence-electron chi connectivity index (χ0n) is 7.39. The molecule has 2 nitrogen and oxygen atoms in total. The lowest BCUT2D eigenvalue weighted by Gasteiger charge is -1.94. The molecule has 0 saturated carbocycles. The van der Waals surface area contributed by atoms with Crippen LogP contribution in [0, 0.1) is 0 Å². The van der Waals surface area contributed by atoms with E-state index in [-0.39, 0.29) is 11.5 Å². The molecule has 0 aliphatic heterocycles. The molecule has 0 spiro atoms. The van der Waals surface area contributed by atoms with Crippen molar-refractivity contribution in [2.24, 2.45) is 0 Å². The minimum absolute atomic E-state index is 0.0394. The summed E-state index contributed by atoms with van der Waals surface area (Å²) in [6.07, 6.45) is 1.14. The van der Waals surface area contributed by atoms with Gasteiger partial charge in [-0.25, -0.2) is 0 Å². The van der Waals surface area contributed by atoms with E-state index in [0.717, 1.165) is 6.08 Å². The first kappa shape index (κ1) is 12.5. The van der Waals surface area contributed by atoms with Crippen molar-refractivity contribution in [1.29, 1.82) is 0 Å². The van der Waals surface area contributed by atoms with Crippen molar-refractivity contribution in [1.82, 2.24) is 0 Å². The van der Waals surface area contributed by atoms with Crippen molar-refractivity contribution < 1.29 is 10.2 Å². The van der Waals surface area contributed by atoms with Gasteiger partial charge in [0.2, 0.25) is 0 Å². The maximum absolute atomic E-state index is 8.84. The van der Waals surface area contributed by atoms with Gasteiger partial charge in [0.15, 0.2) is 0 Å². The standard InChI is InChI=1S/C7H10O2.C2H6/c1-5(2)7(9)4-6(3)8;1-2/h4,8-9H,1,3H2,2H3;1-2H3/b7-4+;. The second-order valence-electron chi connectivity index (χ2n) is 1.80. The zero-order valence-corrected chi connectivity index (χ0v) is 7.39. The zero-order chi connectivity index (χ0) is 9.44. The van der Waals surface area contributed by atoms with E-state index in [4.69, 9.17) is 10.2 Å². The first-order valence-electron chi connectivity index (χ1n) is 3.48. The average Bonchev–Trinajstić information content (AvgIpc) is 1.90. The molecule has 0 aromatic heterocycles. The third-order valence-electron chi connectivity index (χ3n) is 0.741. The Morgan fingerprint density at radius 2 is 1.55 bits per heavy atom. The van der Waals surface area contributed by atoms with E-state index in [1.165, 1.54) is 0 Å². The molecule has 0 unspecified atom stereocenters.